The number of para-hydroxylation sites is 1. The minimum Gasteiger partial charge on any atom is -0.468 e. The number of aromatic nitrogens is 1. The molecule has 4 rings (SSSR count). The van der Waals surface area contributed by atoms with Crippen LogP contribution in [0.15, 0.2) is 29.3 Å². The number of aryl methyl sites for hydroxylation is 1. The Balaban J connectivity index is 1.50. The van der Waals surface area contributed by atoms with Crippen molar-refractivity contribution in [1.29, 1.82) is 0 Å². The Hall–Kier alpha value is -3.36. The Kier molecular flexibility index (Phi) is 8.43. The highest BCUT2D eigenvalue weighted by Gasteiger charge is 2.29. The maximum atomic E-state index is 12.7. The summed E-state index contributed by atoms with van der Waals surface area (Å²) in [6.45, 7) is 1.62. The summed E-state index contributed by atoms with van der Waals surface area (Å²) in [4.78, 5) is 54.6. The zero-order valence-corrected chi connectivity index (χ0v) is 23.1. The number of benzene rings is 1. The SMILES string of the molecule is CCOC(=O)c1c(NC(=O)CS(=O)(=O)CC(=O)N=c2sc3ccccc3n2CC(=O)OC)sc2c1CCC2. The van der Waals surface area contributed by atoms with Crippen LogP contribution in [0.25, 0.3) is 10.2 Å². The van der Waals surface area contributed by atoms with E-state index in [2.05, 4.69) is 10.3 Å². The number of sulfone groups is 1. The lowest BCUT2D eigenvalue weighted by Crippen LogP contribution is -2.29. The van der Waals surface area contributed by atoms with Crippen LogP contribution in [0.5, 0.6) is 0 Å². The van der Waals surface area contributed by atoms with E-state index in [1.807, 2.05) is 0 Å². The number of carbonyl (C=O) groups is 4. The van der Waals surface area contributed by atoms with Crippen molar-refractivity contribution in [1.82, 2.24) is 4.57 Å². The molecule has 1 N–H and O–H groups in total. The van der Waals surface area contributed by atoms with Crippen LogP contribution >= 0.6 is 22.7 Å². The van der Waals surface area contributed by atoms with Crippen molar-refractivity contribution in [3.63, 3.8) is 0 Å². The van der Waals surface area contributed by atoms with E-state index < -0.39 is 45.1 Å². The van der Waals surface area contributed by atoms with Crippen molar-refractivity contribution in [2.45, 2.75) is 32.7 Å². The van der Waals surface area contributed by atoms with Gasteiger partial charge in [0.25, 0.3) is 5.91 Å². The number of anilines is 1. The molecular weight excluding hydrogens is 554 g/mol. The monoisotopic (exact) mass is 579 g/mol. The molecule has 0 bridgehead atoms. The van der Waals surface area contributed by atoms with Gasteiger partial charge in [0.05, 0.1) is 29.5 Å². The van der Waals surface area contributed by atoms with Gasteiger partial charge in [-0.15, -0.1) is 11.3 Å². The number of rotatable bonds is 9. The molecule has 1 aromatic carbocycles. The molecule has 1 aliphatic carbocycles. The average molecular weight is 580 g/mol. The van der Waals surface area contributed by atoms with Gasteiger partial charge in [0.15, 0.2) is 14.6 Å². The Labute approximate surface area is 226 Å². The second-order valence-electron chi connectivity index (χ2n) is 8.38. The molecule has 0 saturated heterocycles. The summed E-state index contributed by atoms with van der Waals surface area (Å²) >= 11 is 2.35. The van der Waals surface area contributed by atoms with Crippen LogP contribution in [-0.4, -0.2) is 62.0 Å². The number of hydrogen-bond donors (Lipinski definition) is 1. The fourth-order valence-electron chi connectivity index (χ4n) is 4.10. The number of nitrogens with one attached hydrogen (secondary N) is 1. The first-order valence-electron chi connectivity index (χ1n) is 11.7. The third-order valence-corrected chi connectivity index (χ3v) is 9.33. The fraction of sp³-hybridized carbons (Fsp3) is 0.375. The van der Waals surface area contributed by atoms with Crippen molar-refractivity contribution in [3.8, 4) is 0 Å². The number of thiazole rings is 1. The van der Waals surface area contributed by atoms with E-state index in [4.69, 9.17) is 9.47 Å². The largest absolute Gasteiger partial charge is 0.468 e. The fourth-order valence-corrected chi connectivity index (χ4v) is 7.46. The second kappa shape index (κ2) is 11.6. The molecule has 38 heavy (non-hydrogen) atoms. The summed E-state index contributed by atoms with van der Waals surface area (Å²) in [5, 5.41) is 2.77. The molecule has 11 nitrogen and oxygen atoms in total. The van der Waals surface area contributed by atoms with Crippen LogP contribution in [0, 0.1) is 0 Å². The zero-order valence-electron chi connectivity index (χ0n) is 20.6. The van der Waals surface area contributed by atoms with Gasteiger partial charge in [-0.1, -0.05) is 23.5 Å². The summed E-state index contributed by atoms with van der Waals surface area (Å²) in [6.07, 6.45) is 2.34. The van der Waals surface area contributed by atoms with Crippen LogP contribution < -0.4 is 10.1 Å². The molecule has 0 aliphatic heterocycles. The number of amides is 2. The Bertz CT molecular complexity index is 1600. The van der Waals surface area contributed by atoms with Gasteiger partial charge in [-0.25, -0.2) is 13.2 Å². The predicted octanol–water partition coefficient (Wildman–Crippen LogP) is 2.08. The van der Waals surface area contributed by atoms with Gasteiger partial charge in [-0.05, 0) is 43.9 Å². The molecule has 14 heteroatoms. The van der Waals surface area contributed by atoms with Gasteiger partial charge < -0.3 is 19.4 Å². The van der Waals surface area contributed by atoms with E-state index in [1.165, 1.54) is 23.0 Å². The molecule has 0 atom stereocenters. The quantitative estimate of drug-likeness (QED) is 0.379. The first-order valence-corrected chi connectivity index (χ1v) is 15.1. The van der Waals surface area contributed by atoms with Crippen molar-refractivity contribution < 1.29 is 37.1 Å². The Morgan fingerprint density at radius 1 is 1.11 bits per heavy atom. The van der Waals surface area contributed by atoms with Crippen LogP contribution in [0.1, 0.15) is 34.1 Å². The molecule has 2 aromatic heterocycles. The number of methoxy groups -OCH3 is 1. The van der Waals surface area contributed by atoms with Gasteiger partial charge in [0.2, 0.25) is 5.91 Å². The third kappa shape index (κ3) is 6.19. The standard InChI is InChI=1S/C24H25N3O8S3/c1-3-35-23(31)21-14-7-6-10-16(14)36-22(21)25-18(28)12-38(32,33)13-19(29)26-24-27(11-20(30)34-2)15-8-4-5-9-17(15)37-24/h4-5,8-9H,3,6-7,10-13H2,1-2H3,(H,25,28). The first kappa shape index (κ1) is 27.7. The normalized spacial score (nSPS) is 13.4. The summed E-state index contributed by atoms with van der Waals surface area (Å²) in [5.74, 6) is -4.95. The van der Waals surface area contributed by atoms with Gasteiger partial charge in [-0.3, -0.25) is 14.4 Å². The van der Waals surface area contributed by atoms with E-state index in [0.29, 0.717) is 11.9 Å². The molecule has 0 fully saturated rings. The third-order valence-electron chi connectivity index (χ3n) is 5.67. The smallest absolute Gasteiger partial charge is 0.341 e. The van der Waals surface area contributed by atoms with Crippen LogP contribution in [-0.2, 0) is 53.1 Å². The minimum atomic E-state index is -4.19. The van der Waals surface area contributed by atoms with Gasteiger partial charge in [0.1, 0.15) is 23.1 Å². The molecular formula is C24H25N3O8S3. The van der Waals surface area contributed by atoms with E-state index in [1.54, 1.807) is 31.2 Å². The lowest BCUT2D eigenvalue weighted by atomic mass is 10.1. The van der Waals surface area contributed by atoms with Crippen molar-refractivity contribution >= 4 is 71.5 Å². The maximum absolute atomic E-state index is 12.7. The number of fused-ring (bicyclic) bond motifs is 2. The average Bonchev–Trinajstić information content (AvgIpc) is 3.51. The molecule has 2 heterocycles. The van der Waals surface area contributed by atoms with Gasteiger partial charge in [0, 0.05) is 4.88 Å². The summed E-state index contributed by atoms with van der Waals surface area (Å²) in [7, 11) is -2.96. The molecule has 0 spiro atoms. The number of nitrogens with zero attached hydrogens (tertiary/aromatic N) is 2. The molecule has 0 unspecified atom stereocenters. The summed E-state index contributed by atoms with van der Waals surface area (Å²) < 4.78 is 37.4. The number of esters is 2. The van der Waals surface area contributed by atoms with E-state index >= 15 is 0 Å². The van der Waals surface area contributed by atoms with E-state index in [0.717, 1.165) is 39.3 Å². The van der Waals surface area contributed by atoms with Crippen molar-refractivity contribution in [2.24, 2.45) is 4.99 Å². The van der Waals surface area contributed by atoms with Crippen molar-refractivity contribution in [3.05, 3.63) is 45.1 Å². The van der Waals surface area contributed by atoms with Crippen molar-refractivity contribution in [2.75, 3.05) is 30.5 Å². The lowest BCUT2D eigenvalue weighted by Gasteiger charge is -2.08. The molecule has 3 aromatic rings. The Morgan fingerprint density at radius 2 is 1.87 bits per heavy atom. The molecule has 0 radical (unpaired) electrons. The first-order chi connectivity index (χ1) is 18.1. The van der Waals surface area contributed by atoms with E-state index in [9.17, 15) is 27.6 Å². The topological polar surface area (TPSA) is 150 Å². The number of carbonyl (C=O) groups excluding carboxylic acids is 4. The number of ether oxygens (including phenoxy) is 2. The van der Waals surface area contributed by atoms with Crippen LogP contribution in [0.3, 0.4) is 0 Å². The Morgan fingerprint density at radius 3 is 2.61 bits per heavy atom. The molecule has 1 aliphatic rings. The summed E-state index contributed by atoms with van der Waals surface area (Å²) in [5.41, 5.74) is 1.72. The highest BCUT2D eigenvalue weighted by molar-refractivity contribution is 7.92. The van der Waals surface area contributed by atoms with Crippen LogP contribution in [0.4, 0.5) is 5.00 Å². The number of thiophene rings is 1. The molecule has 202 valence electrons. The zero-order chi connectivity index (χ0) is 27.4. The molecule has 0 saturated carbocycles. The highest BCUT2D eigenvalue weighted by Crippen LogP contribution is 2.39. The summed E-state index contributed by atoms with van der Waals surface area (Å²) in [6, 6.07) is 7.06. The minimum absolute atomic E-state index is 0.133. The lowest BCUT2D eigenvalue weighted by molar-refractivity contribution is -0.141. The number of hydrogen-bond acceptors (Lipinski definition) is 10. The van der Waals surface area contributed by atoms with E-state index in [-0.39, 0.29) is 28.5 Å². The van der Waals surface area contributed by atoms with Gasteiger partial charge >= 0.3 is 11.9 Å². The molecule has 2 amide bonds. The maximum Gasteiger partial charge on any atom is 0.341 e. The predicted molar refractivity (Wildman–Crippen MR) is 142 cm³/mol. The second-order valence-corrected chi connectivity index (χ2v) is 12.6. The van der Waals surface area contributed by atoms with Gasteiger partial charge in [-0.2, -0.15) is 4.99 Å². The highest BCUT2D eigenvalue weighted by atomic mass is 32.2. The van der Waals surface area contributed by atoms with Crippen LogP contribution in [0.2, 0.25) is 0 Å².